The summed E-state index contributed by atoms with van der Waals surface area (Å²) in [6.07, 6.45) is 0. The topological polar surface area (TPSA) is 4.41 Å². The van der Waals surface area contributed by atoms with Crippen molar-refractivity contribution in [1.29, 1.82) is 0 Å². The van der Waals surface area contributed by atoms with Gasteiger partial charge in [-0.2, -0.15) is 0 Å². The molecule has 0 aliphatic rings. The largest absolute Gasteiger partial charge is 0.309 e. The van der Waals surface area contributed by atoms with Crippen molar-refractivity contribution < 1.29 is 0 Å². The van der Waals surface area contributed by atoms with Gasteiger partial charge >= 0.3 is 0 Å². The van der Waals surface area contributed by atoms with E-state index in [1.54, 1.807) is 0 Å². The van der Waals surface area contributed by atoms with Gasteiger partial charge in [-0.1, -0.05) is 129 Å². The molecule has 0 spiro atoms. The van der Waals surface area contributed by atoms with Gasteiger partial charge in [-0.25, -0.2) is 0 Å². The summed E-state index contributed by atoms with van der Waals surface area (Å²) in [6, 6.07) is 36.6. The summed E-state index contributed by atoms with van der Waals surface area (Å²) >= 11 is 0. The standard InChI is InChI=1S/C38H34BN/c1-23-18-25(3)37(26(4)19-23)39(38-27(5)20-24(2)21-28(38)6)30-16-14-29(15-17-30)33-22-36-32-11-8-7-10-31(32)34-12-9-13-35(33)40(34)36/h7-22H,1-6H3. The molecule has 0 atom stereocenters. The van der Waals surface area contributed by atoms with Crippen LogP contribution < -0.4 is 16.4 Å². The summed E-state index contributed by atoms with van der Waals surface area (Å²) in [6.45, 7) is 13.7. The summed E-state index contributed by atoms with van der Waals surface area (Å²) in [7, 11) is 0. The third kappa shape index (κ3) is 3.70. The van der Waals surface area contributed by atoms with Crippen LogP contribution >= 0.6 is 0 Å². The Hall–Kier alpha value is -4.30. The zero-order valence-corrected chi connectivity index (χ0v) is 24.3. The van der Waals surface area contributed by atoms with Crippen molar-refractivity contribution in [3.05, 3.63) is 130 Å². The molecule has 0 unspecified atom stereocenters. The van der Waals surface area contributed by atoms with Crippen LogP contribution in [-0.4, -0.2) is 11.1 Å². The molecule has 3 aromatic heterocycles. The highest BCUT2D eigenvalue weighted by molar-refractivity contribution is 6.96. The Labute approximate surface area is 237 Å². The minimum absolute atomic E-state index is 0.189. The quantitative estimate of drug-likeness (QED) is 0.212. The number of aromatic nitrogens is 1. The van der Waals surface area contributed by atoms with Gasteiger partial charge in [0.15, 0.2) is 0 Å². The monoisotopic (exact) mass is 515 g/mol. The first kappa shape index (κ1) is 24.7. The van der Waals surface area contributed by atoms with E-state index in [-0.39, 0.29) is 6.71 Å². The molecule has 194 valence electrons. The lowest BCUT2D eigenvalue weighted by Crippen LogP contribution is -2.55. The predicted molar refractivity (Wildman–Crippen MR) is 175 cm³/mol. The molecule has 0 N–H and O–H groups in total. The first-order valence-corrected chi connectivity index (χ1v) is 14.3. The molecule has 0 aliphatic heterocycles. The molecule has 4 aromatic carbocycles. The lowest BCUT2D eigenvalue weighted by atomic mass is 9.34. The van der Waals surface area contributed by atoms with Crippen molar-refractivity contribution in [2.75, 3.05) is 0 Å². The molecule has 7 rings (SSSR count). The zero-order valence-electron chi connectivity index (χ0n) is 24.3. The van der Waals surface area contributed by atoms with Gasteiger partial charge in [0.2, 0.25) is 6.71 Å². The predicted octanol–water partition coefficient (Wildman–Crippen LogP) is 7.72. The highest BCUT2D eigenvalue weighted by Gasteiger charge is 2.28. The van der Waals surface area contributed by atoms with E-state index in [4.69, 9.17) is 0 Å². The number of rotatable bonds is 4. The molecule has 0 fully saturated rings. The lowest BCUT2D eigenvalue weighted by Gasteiger charge is -2.24. The van der Waals surface area contributed by atoms with E-state index in [0.717, 1.165) is 0 Å². The molecule has 0 aliphatic carbocycles. The molecule has 40 heavy (non-hydrogen) atoms. The van der Waals surface area contributed by atoms with Crippen LogP contribution in [0.15, 0.2) is 97.1 Å². The van der Waals surface area contributed by atoms with E-state index in [9.17, 15) is 0 Å². The summed E-state index contributed by atoms with van der Waals surface area (Å²) in [5, 5.41) is 2.64. The number of nitrogens with zero attached hydrogens (tertiary/aromatic N) is 1. The summed E-state index contributed by atoms with van der Waals surface area (Å²) in [5.41, 5.74) is 18.7. The van der Waals surface area contributed by atoms with E-state index in [1.807, 2.05) is 0 Å². The van der Waals surface area contributed by atoms with E-state index < -0.39 is 0 Å². The van der Waals surface area contributed by atoms with Gasteiger partial charge in [-0.3, -0.25) is 0 Å². The Bertz CT molecular complexity index is 1960. The Morgan fingerprint density at radius 2 is 0.975 bits per heavy atom. The molecule has 0 radical (unpaired) electrons. The van der Waals surface area contributed by atoms with Crippen LogP contribution in [0.1, 0.15) is 33.4 Å². The fraction of sp³-hybridized carbons (Fsp3) is 0.158. The molecule has 0 saturated carbocycles. The van der Waals surface area contributed by atoms with Gasteiger partial charge < -0.3 is 4.40 Å². The number of aryl methyl sites for hydroxylation is 6. The third-order valence-corrected chi connectivity index (χ3v) is 8.88. The van der Waals surface area contributed by atoms with E-state index in [1.165, 1.54) is 88.2 Å². The fourth-order valence-corrected chi connectivity index (χ4v) is 7.45. The first-order valence-electron chi connectivity index (χ1n) is 14.3. The number of hydrogen-bond acceptors (Lipinski definition) is 0. The lowest BCUT2D eigenvalue weighted by molar-refractivity contribution is 1.34. The molecule has 1 nitrogen and oxygen atoms in total. The first-order chi connectivity index (χ1) is 19.3. The van der Waals surface area contributed by atoms with Gasteiger partial charge in [0.1, 0.15) is 0 Å². The van der Waals surface area contributed by atoms with Gasteiger partial charge in [-0.05, 0) is 65.3 Å². The number of fused-ring (bicyclic) bond motifs is 3. The van der Waals surface area contributed by atoms with Crippen molar-refractivity contribution in [3.63, 3.8) is 0 Å². The average Bonchev–Trinajstić information content (AvgIpc) is 3.46. The number of benzene rings is 4. The minimum atomic E-state index is 0.189. The highest BCUT2D eigenvalue weighted by atomic mass is 14.9. The molecular weight excluding hydrogens is 481 g/mol. The minimum Gasteiger partial charge on any atom is -0.309 e. The second kappa shape index (κ2) is 9.13. The SMILES string of the molecule is Cc1cc(C)c(B(c2ccc(-c3cc4c5ccccc5c5cccc3n54)cc2)c2c(C)cc(C)cc2C)c(C)c1. The summed E-state index contributed by atoms with van der Waals surface area (Å²) < 4.78 is 2.43. The highest BCUT2D eigenvalue weighted by Crippen LogP contribution is 2.37. The number of hydrogen-bond donors (Lipinski definition) is 0. The van der Waals surface area contributed by atoms with E-state index in [2.05, 4.69) is 143 Å². The van der Waals surface area contributed by atoms with Crippen molar-refractivity contribution in [1.82, 2.24) is 4.40 Å². The molecule has 0 amide bonds. The Morgan fingerprint density at radius 3 is 1.52 bits per heavy atom. The second-order valence-corrected chi connectivity index (χ2v) is 11.8. The zero-order chi connectivity index (χ0) is 27.7. The van der Waals surface area contributed by atoms with Gasteiger partial charge in [0.05, 0.1) is 16.6 Å². The van der Waals surface area contributed by atoms with Crippen LogP contribution in [0.25, 0.3) is 38.4 Å². The maximum absolute atomic E-state index is 2.43. The van der Waals surface area contributed by atoms with Gasteiger partial charge in [-0.15, -0.1) is 0 Å². The number of pyridine rings is 1. The van der Waals surface area contributed by atoms with Crippen LogP contribution in [0, 0.1) is 41.5 Å². The van der Waals surface area contributed by atoms with Crippen LogP contribution in [0.5, 0.6) is 0 Å². The molecule has 3 heterocycles. The molecule has 0 saturated heterocycles. The molecule has 7 aromatic rings. The van der Waals surface area contributed by atoms with E-state index >= 15 is 0 Å². The molecule has 2 heteroatoms. The second-order valence-electron chi connectivity index (χ2n) is 11.8. The average molecular weight is 516 g/mol. The summed E-state index contributed by atoms with van der Waals surface area (Å²) in [4.78, 5) is 0. The Morgan fingerprint density at radius 1 is 0.475 bits per heavy atom. The fourth-order valence-electron chi connectivity index (χ4n) is 7.45. The maximum Gasteiger partial charge on any atom is 0.242 e. The van der Waals surface area contributed by atoms with Crippen LogP contribution in [0.3, 0.4) is 0 Å². The summed E-state index contributed by atoms with van der Waals surface area (Å²) in [5.74, 6) is 0. The maximum atomic E-state index is 2.43. The van der Waals surface area contributed by atoms with Crippen molar-refractivity contribution >= 4 is 50.4 Å². The van der Waals surface area contributed by atoms with Crippen LogP contribution in [0.4, 0.5) is 0 Å². The van der Waals surface area contributed by atoms with Crippen molar-refractivity contribution in [3.8, 4) is 11.1 Å². The third-order valence-electron chi connectivity index (χ3n) is 8.88. The normalized spacial score (nSPS) is 11.8. The molecular formula is C38H34BN. The van der Waals surface area contributed by atoms with Crippen LogP contribution in [0.2, 0.25) is 0 Å². The Balaban J connectivity index is 1.41. The van der Waals surface area contributed by atoms with Crippen molar-refractivity contribution in [2.45, 2.75) is 41.5 Å². The van der Waals surface area contributed by atoms with Crippen LogP contribution in [-0.2, 0) is 0 Å². The Kier molecular flexibility index (Phi) is 5.64. The molecule has 0 bridgehead atoms. The smallest absolute Gasteiger partial charge is 0.242 e. The van der Waals surface area contributed by atoms with Gasteiger partial charge in [0.25, 0.3) is 0 Å². The van der Waals surface area contributed by atoms with Gasteiger partial charge in [0, 0.05) is 16.3 Å². The van der Waals surface area contributed by atoms with Crippen molar-refractivity contribution in [2.24, 2.45) is 0 Å². The van der Waals surface area contributed by atoms with E-state index in [0.29, 0.717) is 0 Å².